The lowest BCUT2D eigenvalue weighted by Gasteiger charge is -2.19. The van der Waals surface area contributed by atoms with Gasteiger partial charge in [-0.25, -0.2) is 0 Å². The molecular weight excluding hydrogens is 335 g/mol. The Kier molecular flexibility index (Phi) is 5.19. The molecule has 1 heterocycles. The summed E-state index contributed by atoms with van der Waals surface area (Å²) in [6.45, 7) is 2.30. The van der Waals surface area contributed by atoms with Crippen LogP contribution < -0.4 is 5.32 Å². The van der Waals surface area contributed by atoms with E-state index in [1.54, 1.807) is 0 Å². The van der Waals surface area contributed by atoms with Crippen LogP contribution in [0.5, 0.6) is 0 Å². The molecule has 1 aromatic carbocycles. The Labute approximate surface area is 127 Å². The molecule has 1 unspecified atom stereocenters. The molecule has 100 valence electrons. The molecule has 0 bridgehead atoms. The maximum atomic E-state index is 6.25. The van der Waals surface area contributed by atoms with Crippen LogP contribution in [-0.4, -0.2) is 31.1 Å². The number of likely N-dealkylation sites (tertiary alicyclic amines) is 1. The molecule has 1 aliphatic rings. The Morgan fingerprint density at radius 1 is 1.22 bits per heavy atom. The summed E-state index contributed by atoms with van der Waals surface area (Å²) in [5.74, 6) is 0. The Morgan fingerprint density at radius 3 is 2.78 bits per heavy atom. The zero-order valence-corrected chi connectivity index (χ0v) is 13.4. The van der Waals surface area contributed by atoms with Gasteiger partial charge in [0.25, 0.3) is 0 Å². The quantitative estimate of drug-likeness (QED) is 0.780. The SMILES string of the molecule is CN1CCCC(Nc2ccc(Br)c(Cl)c2Cl)CC1. The van der Waals surface area contributed by atoms with Crippen molar-refractivity contribution in [2.45, 2.75) is 25.3 Å². The van der Waals surface area contributed by atoms with Crippen LogP contribution in [0.2, 0.25) is 10.0 Å². The third-order valence-electron chi connectivity index (χ3n) is 3.35. The summed E-state index contributed by atoms with van der Waals surface area (Å²) in [4.78, 5) is 2.37. The predicted octanol–water partition coefficient (Wildman–Crippen LogP) is 4.65. The van der Waals surface area contributed by atoms with E-state index in [9.17, 15) is 0 Å². The molecule has 0 radical (unpaired) electrons. The highest BCUT2D eigenvalue weighted by Crippen LogP contribution is 2.36. The molecule has 5 heteroatoms. The molecule has 0 saturated carbocycles. The second-order valence-corrected chi connectivity index (χ2v) is 6.41. The Morgan fingerprint density at radius 2 is 2.00 bits per heavy atom. The van der Waals surface area contributed by atoms with Gasteiger partial charge in [-0.3, -0.25) is 0 Å². The summed E-state index contributed by atoms with van der Waals surface area (Å²) in [5, 5.41) is 4.69. The van der Waals surface area contributed by atoms with Crippen LogP contribution in [0.25, 0.3) is 0 Å². The lowest BCUT2D eigenvalue weighted by Crippen LogP contribution is -2.23. The Hall–Kier alpha value is 0.0400. The molecule has 2 rings (SSSR count). The summed E-state index contributed by atoms with van der Waals surface area (Å²) in [6, 6.07) is 4.39. The van der Waals surface area contributed by atoms with Crippen molar-refractivity contribution in [3.05, 3.63) is 26.7 Å². The molecule has 0 spiro atoms. The van der Waals surface area contributed by atoms with Crippen molar-refractivity contribution >= 4 is 44.8 Å². The second-order valence-electron chi connectivity index (χ2n) is 4.80. The van der Waals surface area contributed by atoms with E-state index in [-0.39, 0.29) is 0 Å². The van der Waals surface area contributed by atoms with Crippen molar-refractivity contribution < 1.29 is 0 Å². The van der Waals surface area contributed by atoms with Crippen molar-refractivity contribution in [1.29, 1.82) is 0 Å². The normalized spacial score (nSPS) is 21.7. The van der Waals surface area contributed by atoms with Gasteiger partial charge in [0, 0.05) is 10.5 Å². The number of nitrogens with zero attached hydrogens (tertiary/aromatic N) is 1. The number of anilines is 1. The van der Waals surface area contributed by atoms with Gasteiger partial charge in [-0.15, -0.1) is 0 Å². The topological polar surface area (TPSA) is 15.3 Å². The Bertz CT molecular complexity index is 426. The van der Waals surface area contributed by atoms with E-state index in [1.165, 1.54) is 19.4 Å². The first kappa shape index (κ1) is 14.4. The van der Waals surface area contributed by atoms with Crippen LogP contribution >= 0.6 is 39.1 Å². The zero-order chi connectivity index (χ0) is 13.1. The average molecular weight is 352 g/mol. The number of nitrogens with one attached hydrogen (secondary N) is 1. The minimum absolute atomic E-state index is 0.477. The summed E-state index contributed by atoms with van der Waals surface area (Å²) >= 11 is 15.8. The minimum atomic E-state index is 0.477. The average Bonchev–Trinajstić information content (AvgIpc) is 2.55. The van der Waals surface area contributed by atoms with Crippen molar-refractivity contribution in [3.63, 3.8) is 0 Å². The van der Waals surface area contributed by atoms with Crippen molar-refractivity contribution in [3.8, 4) is 0 Å². The molecule has 1 atom stereocenters. The molecule has 0 aromatic heterocycles. The molecule has 1 N–H and O–H groups in total. The summed E-state index contributed by atoms with van der Waals surface area (Å²) in [7, 11) is 2.17. The van der Waals surface area contributed by atoms with E-state index >= 15 is 0 Å². The van der Waals surface area contributed by atoms with E-state index in [1.807, 2.05) is 12.1 Å². The number of halogens is 3. The maximum Gasteiger partial charge on any atom is 0.0835 e. The van der Waals surface area contributed by atoms with Gasteiger partial charge < -0.3 is 10.2 Å². The first-order valence-corrected chi connectivity index (χ1v) is 7.71. The molecular formula is C13H17BrCl2N2. The number of benzene rings is 1. The third-order valence-corrected chi connectivity index (χ3v) is 5.12. The van der Waals surface area contributed by atoms with Crippen LogP contribution in [0.4, 0.5) is 5.69 Å². The smallest absolute Gasteiger partial charge is 0.0835 e. The fraction of sp³-hybridized carbons (Fsp3) is 0.538. The minimum Gasteiger partial charge on any atom is -0.381 e. The van der Waals surface area contributed by atoms with Crippen LogP contribution in [0.15, 0.2) is 16.6 Å². The summed E-state index contributed by atoms with van der Waals surface area (Å²) < 4.78 is 0.834. The lowest BCUT2D eigenvalue weighted by molar-refractivity contribution is 0.348. The monoisotopic (exact) mass is 350 g/mol. The lowest BCUT2D eigenvalue weighted by atomic mass is 10.1. The van der Waals surface area contributed by atoms with E-state index < -0.39 is 0 Å². The van der Waals surface area contributed by atoms with Crippen molar-refractivity contribution in [2.75, 3.05) is 25.5 Å². The van der Waals surface area contributed by atoms with E-state index in [0.29, 0.717) is 16.1 Å². The van der Waals surface area contributed by atoms with Gasteiger partial charge in [-0.05, 0) is 67.5 Å². The third kappa shape index (κ3) is 3.53. The fourth-order valence-electron chi connectivity index (χ4n) is 2.24. The maximum absolute atomic E-state index is 6.25. The zero-order valence-electron chi connectivity index (χ0n) is 10.3. The number of rotatable bonds is 2. The van der Waals surface area contributed by atoms with Gasteiger partial charge in [-0.2, -0.15) is 0 Å². The van der Waals surface area contributed by atoms with Crippen molar-refractivity contribution in [1.82, 2.24) is 4.90 Å². The Balaban J connectivity index is 2.07. The highest BCUT2D eigenvalue weighted by molar-refractivity contribution is 9.10. The predicted molar refractivity (Wildman–Crippen MR) is 82.9 cm³/mol. The second kappa shape index (κ2) is 6.47. The van der Waals surface area contributed by atoms with Gasteiger partial charge in [0.15, 0.2) is 0 Å². The number of hydrogen-bond acceptors (Lipinski definition) is 2. The van der Waals surface area contributed by atoms with Crippen LogP contribution in [-0.2, 0) is 0 Å². The molecule has 0 aliphatic carbocycles. The first-order valence-electron chi connectivity index (χ1n) is 6.16. The van der Waals surface area contributed by atoms with Gasteiger partial charge in [0.2, 0.25) is 0 Å². The van der Waals surface area contributed by atoms with Gasteiger partial charge in [-0.1, -0.05) is 23.2 Å². The summed E-state index contributed by atoms with van der Waals surface area (Å²) in [6.07, 6.45) is 3.53. The molecule has 18 heavy (non-hydrogen) atoms. The molecule has 0 amide bonds. The molecule has 2 nitrogen and oxygen atoms in total. The van der Waals surface area contributed by atoms with Crippen molar-refractivity contribution in [2.24, 2.45) is 0 Å². The van der Waals surface area contributed by atoms with E-state index in [2.05, 4.69) is 33.2 Å². The first-order chi connectivity index (χ1) is 8.58. The highest BCUT2D eigenvalue weighted by Gasteiger charge is 2.16. The number of hydrogen-bond donors (Lipinski definition) is 1. The van der Waals surface area contributed by atoms with Gasteiger partial charge in [0.1, 0.15) is 0 Å². The molecule has 1 fully saturated rings. The molecule has 1 aliphatic heterocycles. The standard InChI is InChI=1S/C13H17BrCl2N2/c1-18-7-2-3-9(6-8-18)17-11-5-4-10(14)12(15)13(11)16/h4-5,9,17H,2-3,6-8H2,1H3. The molecule has 1 aromatic rings. The molecule has 1 saturated heterocycles. The van der Waals surface area contributed by atoms with Crippen LogP contribution in [0, 0.1) is 0 Å². The van der Waals surface area contributed by atoms with Gasteiger partial charge in [0.05, 0.1) is 15.7 Å². The van der Waals surface area contributed by atoms with E-state index in [0.717, 1.165) is 23.1 Å². The van der Waals surface area contributed by atoms with E-state index in [4.69, 9.17) is 23.2 Å². The fourth-order valence-corrected chi connectivity index (χ4v) is 3.07. The largest absolute Gasteiger partial charge is 0.381 e. The van der Waals surface area contributed by atoms with Crippen LogP contribution in [0.1, 0.15) is 19.3 Å². The highest BCUT2D eigenvalue weighted by atomic mass is 79.9. The van der Waals surface area contributed by atoms with Crippen LogP contribution in [0.3, 0.4) is 0 Å². The van der Waals surface area contributed by atoms with Gasteiger partial charge >= 0.3 is 0 Å². The summed E-state index contributed by atoms with van der Waals surface area (Å²) in [5.41, 5.74) is 0.930.